The fourth-order valence-electron chi connectivity index (χ4n) is 5.86. The number of fused-ring (bicyclic) bond motifs is 2. The fourth-order valence-corrected chi connectivity index (χ4v) is 5.86. The molecule has 0 radical (unpaired) electrons. The molecule has 0 fully saturated rings. The van der Waals surface area contributed by atoms with Gasteiger partial charge in [0.25, 0.3) is 0 Å². The Bertz CT molecular complexity index is 1890. The summed E-state index contributed by atoms with van der Waals surface area (Å²) >= 11 is 1.61. The second-order valence-corrected chi connectivity index (χ2v) is 11.7. The first kappa shape index (κ1) is 30.3. The number of rotatable bonds is 5. The number of aromatic nitrogens is 4. The molecule has 6 rings (SSSR count). The number of para-hydroxylation sites is 2. The first-order chi connectivity index (χ1) is 20.1. The molecule has 0 aliphatic rings. The van der Waals surface area contributed by atoms with Crippen LogP contribution in [0.5, 0.6) is 0 Å². The van der Waals surface area contributed by atoms with Crippen LogP contribution in [0.15, 0.2) is 66.7 Å². The van der Waals surface area contributed by atoms with Gasteiger partial charge in [-0.15, -0.1) is 5.56 Å². The van der Waals surface area contributed by atoms with Crippen molar-refractivity contribution in [3.63, 3.8) is 0 Å². The Kier molecular flexibility index (Phi) is 8.78. The summed E-state index contributed by atoms with van der Waals surface area (Å²) in [6, 6.07) is 28.1. The van der Waals surface area contributed by atoms with Crippen LogP contribution in [0.4, 0.5) is 0 Å². The molecule has 0 saturated carbocycles. The second kappa shape index (κ2) is 12.2. The Hall–Kier alpha value is -3.20. The average Bonchev–Trinajstić information content (AvgIpc) is 3.49. The van der Waals surface area contributed by atoms with E-state index in [-0.39, 0.29) is 0 Å². The second-order valence-electron chi connectivity index (χ2n) is 11.7. The monoisotopic (exact) mass is 755 g/mol. The number of imidazole rings is 2. The molecule has 6 heteroatoms. The molecule has 4 aromatic carbocycles. The van der Waals surface area contributed by atoms with Gasteiger partial charge in [0.1, 0.15) is 0 Å². The third-order valence-corrected chi connectivity index (χ3v) is 8.16. The van der Waals surface area contributed by atoms with Crippen molar-refractivity contribution in [3.05, 3.63) is 108 Å². The Labute approximate surface area is 265 Å². The van der Waals surface area contributed by atoms with Gasteiger partial charge in [-0.25, -0.2) is 0 Å². The van der Waals surface area contributed by atoms with Crippen LogP contribution in [0, 0.1) is 32.6 Å². The predicted molar refractivity (Wildman–Crippen MR) is 168 cm³/mol. The van der Waals surface area contributed by atoms with Gasteiger partial charge in [-0.1, -0.05) is 105 Å². The first-order valence-corrected chi connectivity index (χ1v) is 17.1. The van der Waals surface area contributed by atoms with E-state index in [0.29, 0.717) is 11.8 Å². The molecule has 0 atom stereocenters. The van der Waals surface area contributed by atoms with Crippen molar-refractivity contribution in [2.75, 3.05) is 0 Å². The molecule has 0 bridgehead atoms. The van der Waals surface area contributed by atoms with Crippen LogP contribution >= 0.6 is 9.42 Å². The summed E-state index contributed by atoms with van der Waals surface area (Å²) in [7, 11) is 8.73. The van der Waals surface area contributed by atoms with Crippen molar-refractivity contribution >= 4 is 31.5 Å². The zero-order valence-corrected chi connectivity index (χ0v) is 28.5. The van der Waals surface area contributed by atoms with E-state index in [0.717, 1.165) is 33.4 Å². The molecule has 0 spiro atoms. The van der Waals surface area contributed by atoms with E-state index in [1.807, 2.05) is 7.05 Å². The number of halogens is 1. The molecular weight excluding hydrogens is 719 g/mol. The molecular formula is C36H37ClN4Pt-. The van der Waals surface area contributed by atoms with Gasteiger partial charge in [0.2, 0.25) is 12.7 Å². The maximum atomic E-state index is 4.61. The molecule has 2 aromatic heterocycles. The SMILES string of the molecule is Cc1cc2c(cc1C)[n+](-c1[c-]c(-[n+]3[c-]n(C)c4ccccc43)cc(-c3c(C(C)C)cccc3C(C)C)c1)[c-]n2C.[Cl][Pt]. The van der Waals surface area contributed by atoms with Crippen molar-refractivity contribution in [2.24, 2.45) is 14.1 Å². The van der Waals surface area contributed by atoms with Gasteiger partial charge in [0, 0.05) is 0 Å². The van der Waals surface area contributed by atoms with Crippen LogP contribution in [0.3, 0.4) is 0 Å². The van der Waals surface area contributed by atoms with Crippen LogP contribution in [-0.2, 0) is 32.9 Å². The van der Waals surface area contributed by atoms with Crippen molar-refractivity contribution in [2.45, 2.75) is 53.4 Å². The van der Waals surface area contributed by atoms with E-state index in [9.17, 15) is 0 Å². The van der Waals surface area contributed by atoms with Crippen LogP contribution in [-0.4, -0.2) is 9.13 Å². The summed E-state index contributed by atoms with van der Waals surface area (Å²) in [6.07, 6.45) is 7.11. The Morgan fingerprint density at radius 2 is 1.19 bits per heavy atom. The van der Waals surface area contributed by atoms with Crippen LogP contribution in [0.2, 0.25) is 0 Å². The Balaban J connectivity index is 0.00000173. The maximum absolute atomic E-state index is 4.61. The Morgan fingerprint density at radius 1 is 0.667 bits per heavy atom. The quantitative estimate of drug-likeness (QED) is 0.126. The van der Waals surface area contributed by atoms with E-state index in [1.165, 1.54) is 33.4 Å². The predicted octanol–water partition coefficient (Wildman–Crippen LogP) is 7.84. The molecule has 219 valence electrons. The van der Waals surface area contributed by atoms with Gasteiger partial charge in [0.05, 0.1) is 36.2 Å². The molecule has 0 N–H and O–H groups in total. The van der Waals surface area contributed by atoms with Crippen LogP contribution < -0.4 is 9.13 Å². The zero-order chi connectivity index (χ0) is 30.3. The van der Waals surface area contributed by atoms with Gasteiger partial charge < -0.3 is 18.3 Å². The van der Waals surface area contributed by atoms with E-state index in [1.54, 1.807) is 18.8 Å². The summed E-state index contributed by atoms with van der Waals surface area (Å²) in [5, 5.41) is 0. The third-order valence-electron chi connectivity index (χ3n) is 8.16. The standard InChI is InChI=1S/C36H37N4.ClH.Pt/c1-23(2)30-12-11-13-31(24(3)4)36(30)27-18-28(39-21-37(7)32-14-9-10-15-33(32)39)20-29(19-27)40-22-38(8)34-16-25(5)26(6)17-35(34)40;;/h9-19,23-24H,1-8H3;1H;/q-1;;+1/p-1. The van der Waals surface area contributed by atoms with Crippen molar-refractivity contribution in [1.29, 1.82) is 0 Å². The number of aryl methyl sites for hydroxylation is 4. The van der Waals surface area contributed by atoms with Crippen LogP contribution in [0.1, 0.15) is 61.8 Å². The summed E-state index contributed by atoms with van der Waals surface area (Å²) in [4.78, 5) is 0. The number of hydrogen-bond acceptors (Lipinski definition) is 0. The normalized spacial score (nSPS) is 11.5. The van der Waals surface area contributed by atoms with Gasteiger partial charge in [-0.05, 0) is 42.4 Å². The number of benzene rings is 4. The average molecular weight is 756 g/mol. The molecule has 2 heterocycles. The first-order valence-electron chi connectivity index (χ1n) is 14.3. The third kappa shape index (κ3) is 5.36. The van der Waals surface area contributed by atoms with Gasteiger partial charge >= 0.3 is 28.2 Å². The Morgan fingerprint density at radius 3 is 1.79 bits per heavy atom. The molecule has 42 heavy (non-hydrogen) atoms. The van der Waals surface area contributed by atoms with E-state index >= 15 is 0 Å². The fraction of sp³-hybridized carbons (Fsp3) is 0.278. The molecule has 4 nitrogen and oxygen atoms in total. The van der Waals surface area contributed by atoms with Crippen molar-refractivity contribution in [3.8, 4) is 22.5 Å². The molecule has 0 aliphatic carbocycles. The van der Waals surface area contributed by atoms with E-state index < -0.39 is 0 Å². The topological polar surface area (TPSA) is 17.6 Å². The minimum atomic E-state index is 0.393. The van der Waals surface area contributed by atoms with Crippen molar-refractivity contribution < 1.29 is 27.9 Å². The van der Waals surface area contributed by atoms with E-state index in [4.69, 9.17) is 0 Å². The summed E-state index contributed by atoms with van der Waals surface area (Å²) in [5.74, 6) is 0.785. The molecule has 0 amide bonds. The minimum absolute atomic E-state index is 0.393. The molecule has 0 aliphatic heterocycles. The summed E-state index contributed by atoms with van der Waals surface area (Å²) in [5.41, 5.74) is 14.2. The van der Waals surface area contributed by atoms with Crippen molar-refractivity contribution in [1.82, 2.24) is 9.13 Å². The van der Waals surface area contributed by atoms with Gasteiger partial charge in [0.15, 0.2) is 0 Å². The molecule has 0 unspecified atom stereocenters. The summed E-state index contributed by atoms with van der Waals surface area (Å²) < 4.78 is 8.44. The van der Waals surface area contributed by atoms with E-state index in [2.05, 4.69) is 162 Å². The van der Waals surface area contributed by atoms with Crippen LogP contribution in [0.25, 0.3) is 44.6 Å². The van der Waals surface area contributed by atoms with Gasteiger partial charge in [-0.2, -0.15) is 18.2 Å². The number of hydrogen-bond donors (Lipinski definition) is 0. The molecule has 0 saturated heterocycles. The van der Waals surface area contributed by atoms with Gasteiger partial charge in [-0.3, -0.25) is 0 Å². The molecule has 6 aromatic rings. The zero-order valence-electron chi connectivity index (χ0n) is 25.5. The number of nitrogens with zero attached hydrogens (tertiary/aromatic N) is 4. The summed E-state index contributed by atoms with van der Waals surface area (Å²) in [6.45, 7) is 13.5.